The summed E-state index contributed by atoms with van der Waals surface area (Å²) in [5, 5.41) is 13.7. The molecule has 0 aliphatic heterocycles. The van der Waals surface area contributed by atoms with Gasteiger partial charge in [0, 0.05) is 17.1 Å². The molecule has 0 amide bonds. The molecule has 0 saturated carbocycles. The second-order valence-corrected chi connectivity index (χ2v) is 4.12. The van der Waals surface area contributed by atoms with Crippen LogP contribution in [0.3, 0.4) is 0 Å². The highest BCUT2D eigenvalue weighted by Gasteiger charge is 2.16. The van der Waals surface area contributed by atoms with E-state index in [1.54, 1.807) is 6.20 Å². The van der Waals surface area contributed by atoms with Crippen LogP contribution in [0.4, 0.5) is 0 Å². The number of fused-ring (bicyclic) bond motifs is 1. The van der Waals surface area contributed by atoms with Crippen molar-refractivity contribution in [1.82, 2.24) is 15.1 Å². The number of aromatic nitrogens is 3. The minimum absolute atomic E-state index is 0.226. The maximum Gasteiger partial charge on any atom is 0.258 e. The van der Waals surface area contributed by atoms with Gasteiger partial charge in [-0.2, -0.15) is 4.98 Å². The van der Waals surface area contributed by atoms with Gasteiger partial charge in [-0.1, -0.05) is 17.3 Å². The molecule has 0 bridgehead atoms. The van der Waals surface area contributed by atoms with Crippen LogP contribution in [0.5, 0.6) is 0 Å². The number of hydrogen-bond donors (Lipinski definition) is 2. The predicted molar refractivity (Wildman–Crippen MR) is 69.0 cm³/mol. The Morgan fingerprint density at radius 2 is 2.16 bits per heavy atom. The summed E-state index contributed by atoms with van der Waals surface area (Å²) in [5.41, 5.74) is 7.30. The topological polar surface area (TPSA) is 98.1 Å². The number of aliphatic hydroxyl groups excluding tert-OH is 1. The van der Waals surface area contributed by atoms with Gasteiger partial charge < -0.3 is 15.4 Å². The smallest absolute Gasteiger partial charge is 0.258 e. The highest BCUT2D eigenvalue weighted by atomic mass is 16.5. The normalized spacial score (nSPS) is 12.7. The number of pyridine rings is 1. The molecule has 0 fully saturated rings. The van der Waals surface area contributed by atoms with E-state index in [1.165, 1.54) is 0 Å². The first-order valence-corrected chi connectivity index (χ1v) is 5.84. The van der Waals surface area contributed by atoms with Crippen LogP contribution in [0.1, 0.15) is 11.9 Å². The first kappa shape index (κ1) is 11.8. The summed E-state index contributed by atoms with van der Waals surface area (Å²) in [5.74, 6) is 0.663. The van der Waals surface area contributed by atoms with Crippen molar-refractivity contribution < 1.29 is 9.63 Å². The van der Waals surface area contributed by atoms with Crippen LogP contribution < -0.4 is 5.73 Å². The molecule has 6 nitrogen and oxygen atoms in total. The minimum Gasteiger partial charge on any atom is -0.394 e. The van der Waals surface area contributed by atoms with Crippen LogP contribution in [0.2, 0.25) is 0 Å². The van der Waals surface area contributed by atoms with E-state index in [9.17, 15) is 0 Å². The molecule has 6 heteroatoms. The minimum atomic E-state index is -0.634. The molecule has 1 aromatic carbocycles. The lowest BCUT2D eigenvalue weighted by Crippen LogP contribution is -2.15. The van der Waals surface area contributed by atoms with Gasteiger partial charge in [0.05, 0.1) is 18.2 Å². The molecule has 1 atom stereocenters. The van der Waals surface area contributed by atoms with E-state index in [1.807, 2.05) is 30.3 Å². The zero-order valence-electron chi connectivity index (χ0n) is 10.0. The van der Waals surface area contributed by atoms with Crippen molar-refractivity contribution in [2.24, 2.45) is 5.73 Å². The van der Waals surface area contributed by atoms with Gasteiger partial charge in [-0.25, -0.2) is 0 Å². The molecule has 3 N–H and O–H groups in total. The zero-order valence-corrected chi connectivity index (χ0v) is 10.0. The number of rotatable bonds is 3. The average molecular weight is 256 g/mol. The molecule has 0 saturated heterocycles. The van der Waals surface area contributed by atoms with E-state index < -0.39 is 6.04 Å². The molecule has 19 heavy (non-hydrogen) atoms. The van der Waals surface area contributed by atoms with Crippen molar-refractivity contribution in [3.05, 3.63) is 42.4 Å². The Balaban J connectivity index is 2.12. The summed E-state index contributed by atoms with van der Waals surface area (Å²) in [6.45, 7) is -0.226. The van der Waals surface area contributed by atoms with Gasteiger partial charge in [0.15, 0.2) is 5.82 Å². The van der Waals surface area contributed by atoms with Gasteiger partial charge >= 0.3 is 0 Å². The van der Waals surface area contributed by atoms with Crippen molar-refractivity contribution in [3.63, 3.8) is 0 Å². The lowest BCUT2D eigenvalue weighted by Gasteiger charge is -2.01. The molecule has 3 rings (SSSR count). The third kappa shape index (κ3) is 2.07. The van der Waals surface area contributed by atoms with Crippen LogP contribution in [-0.4, -0.2) is 26.8 Å². The second kappa shape index (κ2) is 4.75. The number of nitrogens with two attached hydrogens (primary N) is 1. The molecule has 2 aromatic heterocycles. The summed E-state index contributed by atoms with van der Waals surface area (Å²) in [6, 6.07) is 8.82. The lowest BCUT2D eigenvalue weighted by atomic mass is 10.1. The predicted octanol–water partition coefficient (Wildman–Crippen LogP) is 1.28. The Morgan fingerprint density at radius 3 is 3.00 bits per heavy atom. The maximum atomic E-state index is 8.98. The van der Waals surface area contributed by atoms with Crippen molar-refractivity contribution in [2.45, 2.75) is 6.04 Å². The summed E-state index contributed by atoms with van der Waals surface area (Å²) >= 11 is 0. The fourth-order valence-corrected chi connectivity index (χ4v) is 1.87. The van der Waals surface area contributed by atoms with Crippen molar-refractivity contribution in [2.75, 3.05) is 6.61 Å². The fourth-order valence-electron chi connectivity index (χ4n) is 1.87. The number of benzene rings is 1. The Labute approximate surface area is 108 Å². The largest absolute Gasteiger partial charge is 0.394 e. The van der Waals surface area contributed by atoms with Crippen molar-refractivity contribution >= 4 is 10.9 Å². The third-order valence-corrected chi connectivity index (χ3v) is 2.85. The van der Waals surface area contributed by atoms with E-state index >= 15 is 0 Å². The van der Waals surface area contributed by atoms with Crippen LogP contribution in [-0.2, 0) is 0 Å². The Hall–Kier alpha value is -2.31. The Bertz CT molecular complexity index is 705. The Kier molecular flexibility index (Phi) is 2.94. The highest BCUT2D eigenvalue weighted by Crippen LogP contribution is 2.26. The molecule has 3 aromatic rings. The molecule has 2 heterocycles. The molecule has 0 aliphatic rings. The molecular formula is C13H12N4O2. The molecule has 96 valence electrons. The summed E-state index contributed by atoms with van der Waals surface area (Å²) in [4.78, 5) is 8.48. The average Bonchev–Trinajstić information content (AvgIpc) is 2.95. The van der Waals surface area contributed by atoms with Gasteiger partial charge in [-0.15, -0.1) is 0 Å². The summed E-state index contributed by atoms with van der Waals surface area (Å²) in [7, 11) is 0. The number of aliphatic hydroxyl groups is 1. The second-order valence-electron chi connectivity index (χ2n) is 4.12. The highest BCUT2D eigenvalue weighted by molar-refractivity contribution is 5.92. The maximum absolute atomic E-state index is 8.98. The fraction of sp³-hybridized carbons (Fsp3) is 0.154. The van der Waals surface area contributed by atoms with Crippen LogP contribution in [0.25, 0.3) is 22.4 Å². The van der Waals surface area contributed by atoms with E-state index in [-0.39, 0.29) is 6.61 Å². The molecular weight excluding hydrogens is 244 g/mol. The van der Waals surface area contributed by atoms with Crippen molar-refractivity contribution in [1.29, 1.82) is 0 Å². The van der Waals surface area contributed by atoms with Crippen LogP contribution >= 0.6 is 0 Å². The van der Waals surface area contributed by atoms with Gasteiger partial charge in [0.2, 0.25) is 0 Å². The summed E-state index contributed by atoms with van der Waals surface area (Å²) in [6.07, 6.45) is 1.73. The van der Waals surface area contributed by atoms with Crippen molar-refractivity contribution in [3.8, 4) is 11.5 Å². The number of nitrogens with zero attached hydrogens (tertiary/aromatic N) is 3. The molecule has 0 spiro atoms. The van der Waals surface area contributed by atoms with E-state index in [0.717, 1.165) is 16.5 Å². The monoisotopic (exact) mass is 256 g/mol. The zero-order chi connectivity index (χ0) is 13.2. The van der Waals surface area contributed by atoms with E-state index in [4.69, 9.17) is 15.4 Å². The quantitative estimate of drug-likeness (QED) is 0.732. The lowest BCUT2D eigenvalue weighted by molar-refractivity contribution is 0.260. The van der Waals surface area contributed by atoms with Crippen LogP contribution in [0.15, 0.2) is 41.1 Å². The van der Waals surface area contributed by atoms with E-state index in [0.29, 0.717) is 11.7 Å². The standard InChI is InChI=1S/C13H12N4O2/c14-10(7-18)12-16-13(19-17-12)9-3-1-5-11-8(9)4-2-6-15-11/h1-6,10,18H,7,14H2. The summed E-state index contributed by atoms with van der Waals surface area (Å²) < 4.78 is 5.20. The van der Waals surface area contributed by atoms with E-state index in [2.05, 4.69) is 15.1 Å². The van der Waals surface area contributed by atoms with Gasteiger partial charge in [0.25, 0.3) is 5.89 Å². The third-order valence-electron chi connectivity index (χ3n) is 2.85. The first-order valence-electron chi connectivity index (χ1n) is 5.84. The molecule has 0 aliphatic carbocycles. The van der Waals surface area contributed by atoms with Crippen LogP contribution in [0, 0.1) is 0 Å². The van der Waals surface area contributed by atoms with Gasteiger partial charge in [-0.3, -0.25) is 4.98 Å². The Morgan fingerprint density at radius 1 is 1.26 bits per heavy atom. The van der Waals surface area contributed by atoms with Gasteiger partial charge in [-0.05, 0) is 18.2 Å². The first-order chi connectivity index (χ1) is 9.29. The number of hydrogen-bond acceptors (Lipinski definition) is 6. The molecule has 0 radical (unpaired) electrons. The SMILES string of the molecule is NC(CO)c1noc(-c2cccc3ncccc23)n1. The molecule has 1 unspecified atom stereocenters. The van der Waals surface area contributed by atoms with Gasteiger partial charge in [0.1, 0.15) is 0 Å².